The van der Waals surface area contributed by atoms with Crippen molar-refractivity contribution >= 4 is 21.7 Å². The van der Waals surface area contributed by atoms with Crippen molar-refractivity contribution in [3.63, 3.8) is 0 Å². The van der Waals surface area contributed by atoms with E-state index in [1.165, 1.54) is 24.4 Å². The molecule has 1 heterocycles. The zero-order valence-electron chi connectivity index (χ0n) is 9.52. The van der Waals surface area contributed by atoms with Crippen LogP contribution in [0.25, 0.3) is 0 Å². The van der Waals surface area contributed by atoms with Crippen molar-refractivity contribution in [1.82, 2.24) is 4.98 Å². The first-order valence-electron chi connectivity index (χ1n) is 5.28. The maximum Gasteiger partial charge on any atom is 0.387 e. The van der Waals surface area contributed by atoms with Gasteiger partial charge in [-0.3, -0.25) is 9.78 Å². The molecule has 0 aliphatic heterocycles. The molecule has 0 aliphatic carbocycles. The fraction of sp³-hybridized carbons (Fsp3) is 0.0769. The molecule has 0 saturated carbocycles. The second-order valence-electron chi connectivity index (χ2n) is 3.57. The summed E-state index contributed by atoms with van der Waals surface area (Å²) in [5.41, 5.74) is 0.629. The predicted octanol–water partition coefficient (Wildman–Crippen LogP) is 3.68. The fourth-order valence-corrected chi connectivity index (χ4v) is 1.95. The van der Waals surface area contributed by atoms with E-state index in [1.54, 1.807) is 18.2 Å². The molecule has 0 unspecified atom stereocenters. The molecule has 0 amide bonds. The van der Waals surface area contributed by atoms with Crippen molar-refractivity contribution in [2.75, 3.05) is 0 Å². The first kappa shape index (κ1) is 13.6. The number of halogens is 3. The van der Waals surface area contributed by atoms with Gasteiger partial charge in [0.15, 0.2) is 0 Å². The van der Waals surface area contributed by atoms with Crippen LogP contribution in [0.15, 0.2) is 47.1 Å². The molecule has 0 aliphatic rings. The Kier molecular flexibility index (Phi) is 4.21. The predicted molar refractivity (Wildman–Crippen MR) is 68.4 cm³/mol. The molecule has 2 aromatic rings. The lowest BCUT2D eigenvalue weighted by Crippen LogP contribution is -2.05. The first-order chi connectivity index (χ1) is 9.08. The van der Waals surface area contributed by atoms with Crippen LogP contribution in [0.5, 0.6) is 5.75 Å². The summed E-state index contributed by atoms with van der Waals surface area (Å²) >= 11 is 3.09. The van der Waals surface area contributed by atoms with Gasteiger partial charge in [-0.2, -0.15) is 8.78 Å². The summed E-state index contributed by atoms with van der Waals surface area (Å²) in [5, 5.41) is 0. The van der Waals surface area contributed by atoms with Crippen LogP contribution in [0, 0.1) is 0 Å². The summed E-state index contributed by atoms with van der Waals surface area (Å²) in [5.74, 6) is -0.308. The number of carbonyl (C=O) groups is 1. The van der Waals surface area contributed by atoms with E-state index in [0.29, 0.717) is 5.56 Å². The summed E-state index contributed by atoms with van der Waals surface area (Å²) in [6.07, 6.45) is 1.51. The molecule has 19 heavy (non-hydrogen) atoms. The van der Waals surface area contributed by atoms with Gasteiger partial charge in [0, 0.05) is 11.8 Å². The molecule has 1 aromatic heterocycles. The van der Waals surface area contributed by atoms with Crippen LogP contribution in [-0.2, 0) is 0 Å². The highest BCUT2D eigenvalue weighted by atomic mass is 79.9. The van der Waals surface area contributed by atoms with Gasteiger partial charge in [0.2, 0.25) is 5.78 Å². The fourth-order valence-electron chi connectivity index (χ4n) is 1.48. The van der Waals surface area contributed by atoms with Gasteiger partial charge in [0.05, 0.1) is 4.47 Å². The third kappa shape index (κ3) is 3.35. The SMILES string of the molecule is O=C(c1ccc(OC(F)F)c(Br)c1)c1ccccn1. The van der Waals surface area contributed by atoms with Gasteiger partial charge < -0.3 is 4.74 Å². The van der Waals surface area contributed by atoms with Gasteiger partial charge >= 0.3 is 6.61 Å². The van der Waals surface area contributed by atoms with Gasteiger partial charge in [0.1, 0.15) is 11.4 Å². The number of nitrogens with zero attached hydrogens (tertiary/aromatic N) is 1. The number of hydrogen-bond acceptors (Lipinski definition) is 3. The highest BCUT2D eigenvalue weighted by molar-refractivity contribution is 9.10. The molecular weight excluding hydrogens is 320 g/mol. The monoisotopic (exact) mass is 327 g/mol. The minimum atomic E-state index is -2.91. The van der Waals surface area contributed by atoms with Crippen LogP contribution >= 0.6 is 15.9 Å². The Bertz CT molecular complexity index is 590. The highest BCUT2D eigenvalue weighted by Crippen LogP contribution is 2.28. The summed E-state index contributed by atoms with van der Waals surface area (Å²) in [7, 11) is 0. The largest absolute Gasteiger partial charge is 0.434 e. The molecular formula is C13H8BrF2NO2. The van der Waals surface area contributed by atoms with Gasteiger partial charge in [-0.05, 0) is 46.3 Å². The first-order valence-corrected chi connectivity index (χ1v) is 6.07. The second-order valence-corrected chi connectivity index (χ2v) is 4.42. The zero-order valence-corrected chi connectivity index (χ0v) is 11.1. The van der Waals surface area contributed by atoms with Crippen LogP contribution in [0.4, 0.5) is 8.78 Å². The van der Waals surface area contributed by atoms with Gasteiger partial charge in [-0.25, -0.2) is 0 Å². The Hall–Kier alpha value is -1.82. The summed E-state index contributed by atoms with van der Waals surface area (Å²) < 4.78 is 28.8. The molecule has 0 radical (unpaired) electrons. The number of hydrogen-bond donors (Lipinski definition) is 0. The average molecular weight is 328 g/mol. The van der Waals surface area contributed by atoms with E-state index in [1.807, 2.05) is 0 Å². The topological polar surface area (TPSA) is 39.2 Å². The van der Waals surface area contributed by atoms with Crippen molar-refractivity contribution in [3.8, 4) is 5.75 Å². The minimum absolute atomic E-state index is 0.0208. The van der Waals surface area contributed by atoms with E-state index in [2.05, 4.69) is 25.7 Å². The molecule has 0 atom stereocenters. The number of aromatic nitrogens is 1. The van der Waals surface area contributed by atoms with Crippen molar-refractivity contribution in [1.29, 1.82) is 0 Å². The molecule has 2 rings (SSSR count). The van der Waals surface area contributed by atoms with Crippen LogP contribution in [-0.4, -0.2) is 17.4 Å². The Morgan fingerprint density at radius 1 is 1.26 bits per heavy atom. The molecule has 0 bridgehead atoms. The molecule has 0 saturated heterocycles. The maximum absolute atomic E-state index is 12.1. The van der Waals surface area contributed by atoms with Crippen molar-refractivity contribution in [2.45, 2.75) is 6.61 Å². The summed E-state index contributed by atoms with van der Waals surface area (Å²) in [6.45, 7) is -2.91. The molecule has 98 valence electrons. The number of ether oxygens (including phenoxy) is 1. The third-order valence-electron chi connectivity index (χ3n) is 2.31. The molecule has 1 aromatic carbocycles. The van der Waals surface area contributed by atoms with Crippen molar-refractivity contribution < 1.29 is 18.3 Å². The summed E-state index contributed by atoms with van der Waals surface area (Å²) in [6, 6.07) is 9.14. The van der Waals surface area contributed by atoms with Gasteiger partial charge in [0.25, 0.3) is 0 Å². The number of rotatable bonds is 4. The van der Waals surface area contributed by atoms with Crippen LogP contribution in [0.1, 0.15) is 16.1 Å². The summed E-state index contributed by atoms with van der Waals surface area (Å²) in [4.78, 5) is 16.0. The molecule has 0 spiro atoms. The van der Waals surface area contributed by atoms with Gasteiger partial charge in [-0.1, -0.05) is 6.07 Å². The van der Waals surface area contributed by atoms with Crippen molar-refractivity contribution in [3.05, 3.63) is 58.3 Å². The van der Waals surface area contributed by atoms with E-state index in [4.69, 9.17) is 0 Å². The maximum atomic E-state index is 12.1. The Labute approximate surface area is 116 Å². The Morgan fingerprint density at radius 3 is 2.63 bits per heavy atom. The minimum Gasteiger partial charge on any atom is -0.434 e. The zero-order chi connectivity index (χ0) is 13.8. The molecule has 0 fully saturated rings. The number of pyridine rings is 1. The highest BCUT2D eigenvalue weighted by Gasteiger charge is 2.14. The molecule has 3 nitrogen and oxygen atoms in total. The lowest BCUT2D eigenvalue weighted by molar-refractivity contribution is -0.0503. The lowest BCUT2D eigenvalue weighted by atomic mass is 10.1. The third-order valence-corrected chi connectivity index (χ3v) is 2.93. The van der Waals surface area contributed by atoms with Crippen LogP contribution in [0.3, 0.4) is 0 Å². The quantitative estimate of drug-likeness (QED) is 0.804. The Morgan fingerprint density at radius 2 is 2.05 bits per heavy atom. The van der Waals surface area contributed by atoms with E-state index in [0.717, 1.165) is 0 Å². The molecule has 0 N–H and O–H groups in total. The van der Waals surface area contributed by atoms with E-state index in [9.17, 15) is 13.6 Å². The van der Waals surface area contributed by atoms with E-state index in [-0.39, 0.29) is 21.7 Å². The Balaban J connectivity index is 2.27. The standard InChI is InChI=1S/C13H8BrF2NO2/c14-9-7-8(4-5-11(9)19-13(15)16)12(18)10-3-1-2-6-17-10/h1-7,13H. The number of benzene rings is 1. The van der Waals surface area contributed by atoms with Gasteiger partial charge in [-0.15, -0.1) is 0 Å². The van der Waals surface area contributed by atoms with Crippen LogP contribution in [0.2, 0.25) is 0 Å². The normalized spacial score (nSPS) is 10.5. The van der Waals surface area contributed by atoms with E-state index >= 15 is 0 Å². The van der Waals surface area contributed by atoms with Crippen LogP contribution < -0.4 is 4.74 Å². The molecule has 6 heteroatoms. The lowest BCUT2D eigenvalue weighted by Gasteiger charge is -2.08. The van der Waals surface area contributed by atoms with E-state index < -0.39 is 6.61 Å². The smallest absolute Gasteiger partial charge is 0.387 e. The number of alkyl halides is 2. The number of ketones is 1. The number of carbonyl (C=O) groups excluding carboxylic acids is 1. The van der Waals surface area contributed by atoms with Crippen molar-refractivity contribution in [2.24, 2.45) is 0 Å². The second kappa shape index (κ2) is 5.88. The average Bonchev–Trinajstić information content (AvgIpc) is 2.41.